The van der Waals surface area contributed by atoms with E-state index >= 15 is 0 Å². The molecule has 2 aromatic carbocycles. The van der Waals surface area contributed by atoms with Gasteiger partial charge in [-0.25, -0.2) is 0 Å². The van der Waals surface area contributed by atoms with Crippen LogP contribution in [0, 0.1) is 5.92 Å². The molecule has 6 rings (SSSR count). The Balaban J connectivity index is 1.16. The van der Waals surface area contributed by atoms with Gasteiger partial charge >= 0.3 is 0 Å². The molecule has 4 atom stereocenters. The Bertz CT molecular complexity index is 1010. The minimum absolute atomic E-state index is 0.191. The topological polar surface area (TPSA) is 43.9 Å². The molecule has 5 nitrogen and oxygen atoms in total. The summed E-state index contributed by atoms with van der Waals surface area (Å²) in [6.07, 6.45) is 5.56. The average Bonchev–Trinajstić information content (AvgIpc) is 3.24. The molecule has 166 valence electrons. The van der Waals surface area contributed by atoms with E-state index in [0.717, 1.165) is 25.9 Å². The van der Waals surface area contributed by atoms with Gasteiger partial charge < -0.3 is 9.80 Å². The van der Waals surface area contributed by atoms with E-state index < -0.39 is 0 Å². The number of fused-ring (bicyclic) bond motifs is 4. The predicted octanol–water partition coefficient (Wildman–Crippen LogP) is 3.54. The van der Waals surface area contributed by atoms with Crippen molar-refractivity contribution in [2.75, 3.05) is 19.6 Å². The van der Waals surface area contributed by atoms with Gasteiger partial charge in [0.05, 0.1) is 0 Å². The van der Waals surface area contributed by atoms with Gasteiger partial charge in [0.15, 0.2) is 0 Å². The molecule has 4 fully saturated rings. The summed E-state index contributed by atoms with van der Waals surface area (Å²) in [6.45, 7) is 2.95. The molecule has 1 aliphatic carbocycles. The minimum Gasteiger partial charge on any atom is -0.326 e. The third-order valence-electron chi connectivity index (χ3n) is 8.13. The Morgan fingerprint density at radius 2 is 1.53 bits per heavy atom. The van der Waals surface area contributed by atoms with E-state index in [1.165, 1.54) is 36.0 Å². The summed E-state index contributed by atoms with van der Waals surface area (Å²) >= 11 is 0. The van der Waals surface area contributed by atoms with E-state index in [2.05, 4.69) is 53.4 Å². The van der Waals surface area contributed by atoms with Crippen molar-refractivity contribution < 1.29 is 9.59 Å². The van der Waals surface area contributed by atoms with Gasteiger partial charge in [0.2, 0.25) is 11.8 Å². The highest BCUT2D eigenvalue weighted by molar-refractivity contribution is 5.98. The second-order valence-corrected chi connectivity index (χ2v) is 9.95. The SMILES string of the molecule is O=C1C2CC3CCCCC3N2C(=O)C2CN(Cc3ccc(-c4ccccc4)cc3)CCN12. The highest BCUT2D eigenvalue weighted by Gasteiger charge is 2.55. The van der Waals surface area contributed by atoms with Gasteiger partial charge in [0.1, 0.15) is 12.1 Å². The lowest BCUT2D eigenvalue weighted by molar-refractivity contribution is -0.165. The van der Waals surface area contributed by atoms with E-state index in [0.29, 0.717) is 25.0 Å². The molecule has 5 heteroatoms. The first-order valence-electron chi connectivity index (χ1n) is 12.2. The van der Waals surface area contributed by atoms with Crippen LogP contribution in [0.1, 0.15) is 37.7 Å². The molecule has 0 bridgehead atoms. The number of carbonyl (C=O) groups excluding carboxylic acids is 2. The van der Waals surface area contributed by atoms with Crippen LogP contribution in [-0.2, 0) is 16.1 Å². The predicted molar refractivity (Wildman–Crippen MR) is 124 cm³/mol. The number of amides is 2. The van der Waals surface area contributed by atoms with Crippen LogP contribution in [0.4, 0.5) is 0 Å². The van der Waals surface area contributed by atoms with Gasteiger partial charge in [0, 0.05) is 32.2 Å². The molecule has 3 heterocycles. The van der Waals surface area contributed by atoms with Crippen molar-refractivity contribution in [3.8, 4) is 11.1 Å². The van der Waals surface area contributed by atoms with E-state index in [9.17, 15) is 9.59 Å². The summed E-state index contributed by atoms with van der Waals surface area (Å²) < 4.78 is 0. The fraction of sp³-hybridized carbons (Fsp3) is 0.481. The Morgan fingerprint density at radius 3 is 2.34 bits per heavy atom. The molecule has 4 unspecified atom stereocenters. The smallest absolute Gasteiger partial charge is 0.247 e. The first kappa shape index (κ1) is 20.0. The lowest BCUT2D eigenvalue weighted by atomic mass is 9.85. The van der Waals surface area contributed by atoms with Crippen molar-refractivity contribution in [3.05, 3.63) is 60.2 Å². The first-order chi connectivity index (χ1) is 15.7. The van der Waals surface area contributed by atoms with Gasteiger partial charge in [-0.3, -0.25) is 14.5 Å². The number of benzene rings is 2. The van der Waals surface area contributed by atoms with E-state index in [-0.39, 0.29) is 23.9 Å². The van der Waals surface area contributed by atoms with Gasteiger partial charge in [0.25, 0.3) is 0 Å². The van der Waals surface area contributed by atoms with Crippen LogP contribution in [-0.4, -0.2) is 64.3 Å². The highest BCUT2D eigenvalue weighted by atomic mass is 16.2. The highest BCUT2D eigenvalue weighted by Crippen LogP contribution is 2.43. The summed E-state index contributed by atoms with van der Waals surface area (Å²) in [4.78, 5) is 33.1. The number of hydrogen-bond donors (Lipinski definition) is 0. The lowest BCUT2D eigenvalue weighted by Gasteiger charge is -2.49. The fourth-order valence-corrected chi connectivity index (χ4v) is 6.51. The number of rotatable bonds is 3. The Hall–Kier alpha value is -2.66. The van der Waals surface area contributed by atoms with Crippen LogP contribution >= 0.6 is 0 Å². The summed E-state index contributed by atoms with van der Waals surface area (Å²) in [7, 11) is 0. The average molecular weight is 430 g/mol. The van der Waals surface area contributed by atoms with E-state index in [1.807, 2.05) is 15.9 Å². The quantitative estimate of drug-likeness (QED) is 0.750. The first-order valence-corrected chi connectivity index (χ1v) is 12.2. The third-order valence-corrected chi connectivity index (χ3v) is 8.13. The summed E-state index contributed by atoms with van der Waals surface area (Å²) in [5.74, 6) is 0.936. The standard InChI is InChI=1S/C27H31N3O2/c31-26-24-16-22-8-4-5-9-23(22)30(24)27(32)25-18-28(14-15-29(25)26)17-19-10-12-21(13-11-19)20-6-2-1-3-7-20/h1-3,6-7,10-13,22-25H,4-5,8-9,14-18H2. The van der Waals surface area contributed by atoms with Crippen molar-refractivity contribution >= 4 is 11.8 Å². The molecule has 3 aliphatic heterocycles. The van der Waals surface area contributed by atoms with Crippen molar-refractivity contribution in [1.82, 2.24) is 14.7 Å². The van der Waals surface area contributed by atoms with Crippen LogP contribution in [0.5, 0.6) is 0 Å². The minimum atomic E-state index is -0.309. The zero-order valence-electron chi connectivity index (χ0n) is 18.5. The maximum absolute atomic E-state index is 13.5. The van der Waals surface area contributed by atoms with Crippen LogP contribution in [0.15, 0.2) is 54.6 Å². The summed E-state index contributed by atoms with van der Waals surface area (Å²) in [5, 5.41) is 0. The van der Waals surface area contributed by atoms with Gasteiger partial charge in [-0.05, 0) is 41.9 Å². The maximum atomic E-state index is 13.5. The van der Waals surface area contributed by atoms with E-state index in [1.54, 1.807) is 0 Å². The number of piperazine rings is 2. The third kappa shape index (κ3) is 3.34. The number of carbonyl (C=O) groups is 2. The van der Waals surface area contributed by atoms with Gasteiger partial charge in [-0.15, -0.1) is 0 Å². The number of nitrogens with zero attached hydrogens (tertiary/aromatic N) is 3. The molecular formula is C27H31N3O2. The Labute approximate surface area is 190 Å². The molecular weight excluding hydrogens is 398 g/mol. The van der Waals surface area contributed by atoms with Crippen molar-refractivity contribution in [1.29, 1.82) is 0 Å². The van der Waals surface area contributed by atoms with Crippen molar-refractivity contribution in [2.24, 2.45) is 5.92 Å². The molecule has 0 radical (unpaired) electrons. The largest absolute Gasteiger partial charge is 0.326 e. The molecule has 0 spiro atoms. The van der Waals surface area contributed by atoms with Crippen LogP contribution in [0.25, 0.3) is 11.1 Å². The van der Waals surface area contributed by atoms with Crippen molar-refractivity contribution in [3.63, 3.8) is 0 Å². The second-order valence-electron chi connectivity index (χ2n) is 9.95. The fourth-order valence-electron chi connectivity index (χ4n) is 6.51. The zero-order valence-corrected chi connectivity index (χ0v) is 18.5. The molecule has 4 aliphatic rings. The zero-order chi connectivity index (χ0) is 21.7. The molecule has 0 aromatic heterocycles. The normalized spacial score (nSPS) is 30.1. The summed E-state index contributed by atoms with van der Waals surface area (Å²) in [6, 6.07) is 18.9. The van der Waals surface area contributed by atoms with E-state index in [4.69, 9.17) is 0 Å². The van der Waals surface area contributed by atoms with Crippen molar-refractivity contribution in [2.45, 2.75) is 56.8 Å². The Kier molecular flexibility index (Phi) is 5.02. The maximum Gasteiger partial charge on any atom is 0.247 e. The van der Waals surface area contributed by atoms with Gasteiger partial charge in [-0.1, -0.05) is 67.4 Å². The summed E-state index contributed by atoms with van der Waals surface area (Å²) in [5.41, 5.74) is 3.69. The van der Waals surface area contributed by atoms with Crippen LogP contribution in [0.3, 0.4) is 0 Å². The van der Waals surface area contributed by atoms with Crippen LogP contribution in [0.2, 0.25) is 0 Å². The molecule has 2 aromatic rings. The van der Waals surface area contributed by atoms with Gasteiger partial charge in [-0.2, -0.15) is 0 Å². The molecule has 32 heavy (non-hydrogen) atoms. The number of hydrogen-bond acceptors (Lipinski definition) is 3. The molecule has 2 amide bonds. The van der Waals surface area contributed by atoms with Crippen LogP contribution < -0.4 is 0 Å². The lowest BCUT2D eigenvalue weighted by Crippen LogP contribution is -2.69. The molecule has 0 N–H and O–H groups in total. The second kappa shape index (κ2) is 8.04. The Morgan fingerprint density at radius 1 is 0.781 bits per heavy atom. The molecule has 3 saturated heterocycles. The molecule has 1 saturated carbocycles. The monoisotopic (exact) mass is 429 g/mol.